The van der Waals surface area contributed by atoms with Gasteiger partial charge >= 0.3 is 11.9 Å². The van der Waals surface area contributed by atoms with E-state index in [4.69, 9.17) is 23.7 Å². The Balaban J connectivity index is 1.22. The number of fused-ring (bicyclic) bond motifs is 5. The fraction of sp³-hybridized carbons (Fsp3) is 0.875. The van der Waals surface area contributed by atoms with Crippen LogP contribution >= 0.6 is 0 Å². The van der Waals surface area contributed by atoms with Crippen molar-refractivity contribution in [2.24, 2.45) is 34.5 Å². The van der Waals surface area contributed by atoms with Gasteiger partial charge in [-0.15, -0.1) is 0 Å². The van der Waals surface area contributed by atoms with Crippen LogP contribution < -0.4 is 0 Å². The molecular formula is C32H48O10. The topological polar surface area (TPSA) is 141 Å². The van der Waals surface area contributed by atoms with Crippen molar-refractivity contribution in [1.29, 1.82) is 0 Å². The molecule has 5 fully saturated rings. The van der Waals surface area contributed by atoms with Crippen molar-refractivity contribution < 1.29 is 48.6 Å². The van der Waals surface area contributed by atoms with E-state index in [1.54, 1.807) is 7.11 Å². The van der Waals surface area contributed by atoms with E-state index in [9.17, 15) is 24.9 Å². The van der Waals surface area contributed by atoms with Crippen molar-refractivity contribution >= 4 is 11.9 Å². The van der Waals surface area contributed by atoms with Crippen molar-refractivity contribution in [1.82, 2.24) is 0 Å². The van der Waals surface area contributed by atoms with Crippen LogP contribution in [0.25, 0.3) is 0 Å². The van der Waals surface area contributed by atoms with E-state index in [2.05, 4.69) is 6.92 Å². The van der Waals surface area contributed by atoms with E-state index < -0.39 is 53.5 Å². The molecule has 0 aromatic heterocycles. The molecule has 14 atom stereocenters. The molecular weight excluding hydrogens is 544 g/mol. The highest BCUT2D eigenvalue weighted by Crippen LogP contribution is 2.70. The lowest BCUT2D eigenvalue weighted by Crippen LogP contribution is -2.67. The lowest BCUT2D eigenvalue weighted by Gasteiger charge is -2.64. The predicted molar refractivity (Wildman–Crippen MR) is 149 cm³/mol. The number of rotatable bonds is 5. The molecule has 2 heterocycles. The van der Waals surface area contributed by atoms with Gasteiger partial charge in [-0.05, 0) is 74.2 Å². The molecule has 4 aliphatic carbocycles. The Hall–Kier alpha value is -1.56. The van der Waals surface area contributed by atoms with E-state index in [1.807, 2.05) is 13.8 Å². The van der Waals surface area contributed by atoms with Gasteiger partial charge in [-0.3, -0.25) is 4.79 Å². The van der Waals surface area contributed by atoms with Gasteiger partial charge in [0.15, 0.2) is 6.29 Å². The molecule has 1 saturated heterocycles. The number of carbonyl (C=O) groups is 2. The maximum absolute atomic E-state index is 12.7. The van der Waals surface area contributed by atoms with Crippen molar-refractivity contribution in [2.45, 2.75) is 128 Å². The number of ether oxygens (including phenoxy) is 5. The minimum atomic E-state index is -1.27. The SMILES string of the molecule is CO[C@H]1[C@H](C)O[C@@H](O[C@H]2CC[C@]3(C)C4C[C@@H](O)[C@]5(C)[C@@H](C6=CC(=O)OC6)[C@@H](OC(C)=O)C[C@]5(O)C4CC[C@@H]3C2)C[C@@H]1O. The Morgan fingerprint density at radius 2 is 1.86 bits per heavy atom. The van der Waals surface area contributed by atoms with Crippen LogP contribution in [0.5, 0.6) is 0 Å². The molecule has 0 aromatic carbocycles. The largest absolute Gasteiger partial charge is 0.462 e. The number of hydrogen-bond acceptors (Lipinski definition) is 10. The molecule has 0 radical (unpaired) electrons. The van der Waals surface area contributed by atoms with E-state index in [0.29, 0.717) is 24.3 Å². The summed E-state index contributed by atoms with van der Waals surface area (Å²) in [5, 5.41) is 35.2. The second-order valence-corrected chi connectivity index (χ2v) is 14.4. The van der Waals surface area contributed by atoms with Crippen LogP contribution in [0.3, 0.4) is 0 Å². The summed E-state index contributed by atoms with van der Waals surface area (Å²) >= 11 is 0. The first kappa shape index (κ1) is 30.5. The smallest absolute Gasteiger partial charge is 0.331 e. The monoisotopic (exact) mass is 592 g/mol. The van der Waals surface area contributed by atoms with E-state index in [0.717, 1.165) is 32.1 Å². The first-order valence-corrected chi connectivity index (χ1v) is 15.8. The van der Waals surface area contributed by atoms with E-state index in [1.165, 1.54) is 13.0 Å². The number of cyclic esters (lactones) is 1. The highest BCUT2D eigenvalue weighted by molar-refractivity contribution is 5.85. The van der Waals surface area contributed by atoms with Crippen LogP contribution in [-0.2, 0) is 33.3 Å². The Morgan fingerprint density at radius 1 is 1.10 bits per heavy atom. The highest BCUT2D eigenvalue weighted by atomic mass is 16.7. The summed E-state index contributed by atoms with van der Waals surface area (Å²) in [5.74, 6) is -1.01. The van der Waals surface area contributed by atoms with Crippen LogP contribution in [0.2, 0.25) is 0 Å². The summed E-state index contributed by atoms with van der Waals surface area (Å²) in [6.07, 6.45) is 3.72. The van der Waals surface area contributed by atoms with Crippen LogP contribution in [0, 0.1) is 34.5 Å². The molecule has 4 saturated carbocycles. The van der Waals surface area contributed by atoms with Crippen molar-refractivity contribution in [3.63, 3.8) is 0 Å². The standard InChI is InChI=1S/C32H48O10/c1-16-29(38-5)23(34)13-27(40-16)42-20-8-9-30(3)19(11-20)6-7-21-22(30)12-25(35)31(4)28(18-10-26(36)39-15-18)24(41-17(2)33)14-32(21,31)37/h10,16,19-25,27-29,34-35,37H,6-9,11-15H2,1-5H3/t16-,19+,20-,21?,22?,23-,24-,25+,27-,28-,29-,30-,31+,32-/m0/s1. The van der Waals surface area contributed by atoms with Gasteiger partial charge in [0.2, 0.25) is 0 Å². The van der Waals surface area contributed by atoms with Crippen LogP contribution in [0.4, 0.5) is 0 Å². The van der Waals surface area contributed by atoms with E-state index >= 15 is 0 Å². The number of aliphatic hydroxyl groups excluding tert-OH is 2. The van der Waals surface area contributed by atoms with E-state index in [-0.39, 0.29) is 48.6 Å². The van der Waals surface area contributed by atoms with Gasteiger partial charge in [-0.2, -0.15) is 0 Å². The molecule has 3 N–H and O–H groups in total. The number of esters is 2. The molecule has 0 amide bonds. The average molecular weight is 593 g/mol. The Bertz CT molecular complexity index is 1100. The summed E-state index contributed by atoms with van der Waals surface area (Å²) in [7, 11) is 1.58. The maximum Gasteiger partial charge on any atom is 0.331 e. The van der Waals surface area contributed by atoms with Gasteiger partial charge < -0.3 is 39.0 Å². The molecule has 6 rings (SSSR count). The predicted octanol–water partition coefficient (Wildman–Crippen LogP) is 2.65. The van der Waals surface area contributed by atoms with Crippen molar-refractivity contribution in [3.05, 3.63) is 11.6 Å². The third kappa shape index (κ3) is 4.58. The zero-order valence-electron chi connectivity index (χ0n) is 25.5. The van der Waals surface area contributed by atoms with Crippen LogP contribution in [0.1, 0.15) is 79.1 Å². The third-order valence-corrected chi connectivity index (χ3v) is 12.5. The molecule has 2 aliphatic heterocycles. The van der Waals surface area contributed by atoms with Crippen LogP contribution in [-0.4, -0.2) is 89.5 Å². The van der Waals surface area contributed by atoms with Gasteiger partial charge in [0.25, 0.3) is 0 Å². The first-order valence-electron chi connectivity index (χ1n) is 15.8. The molecule has 42 heavy (non-hydrogen) atoms. The summed E-state index contributed by atoms with van der Waals surface area (Å²) in [4.78, 5) is 24.2. The third-order valence-electron chi connectivity index (χ3n) is 12.5. The molecule has 10 heteroatoms. The number of hydrogen-bond donors (Lipinski definition) is 3. The molecule has 6 aliphatic rings. The lowest BCUT2D eigenvalue weighted by atomic mass is 9.42. The molecule has 2 unspecified atom stereocenters. The fourth-order valence-electron chi connectivity index (χ4n) is 10.5. The molecule has 10 nitrogen and oxygen atoms in total. The lowest BCUT2D eigenvalue weighted by molar-refractivity contribution is -0.277. The normalized spacial score (nSPS) is 52.0. The molecule has 0 aromatic rings. The van der Waals surface area contributed by atoms with Gasteiger partial charge in [-0.1, -0.05) is 13.8 Å². The molecule has 236 valence electrons. The summed E-state index contributed by atoms with van der Waals surface area (Å²) in [6.45, 7) is 7.57. The molecule has 0 bridgehead atoms. The van der Waals surface area contributed by atoms with Crippen LogP contribution in [0.15, 0.2) is 11.6 Å². The second-order valence-electron chi connectivity index (χ2n) is 14.4. The van der Waals surface area contributed by atoms with Crippen molar-refractivity contribution in [3.8, 4) is 0 Å². The number of carbonyl (C=O) groups excluding carboxylic acids is 2. The zero-order valence-corrected chi connectivity index (χ0v) is 25.5. The maximum atomic E-state index is 12.7. The molecule has 0 spiro atoms. The van der Waals surface area contributed by atoms with Gasteiger partial charge in [0.05, 0.1) is 30.0 Å². The quantitative estimate of drug-likeness (QED) is 0.322. The summed E-state index contributed by atoms with van der Waals surface area (Å²) in [6, 6.07) is 0. The first-order chi connectivity index (χ1) is 19.8. The van der Waals surface area contributed by atoms with Gasteiger partial charge in [0.1, 0.15) is 18.8 Å². The zero-order chi connectivity index (χ0) is 30.2. The summed E-state index contributed by atoms with van der Waals surface area (Å²) in [5.41, 5.74) is -1.68. The average Bonchev–Trinajstić information content (AvgIpc) is 3.42. The van der Waals surface area contributed by atoms with Crippen molar-refractivity contribution in [2.75, 3.05) is 13.7 Å². The van der Waals surface area contributed by atoms with Gasteiger partial charge in [-0.25, -0.2) is 4.79 Å². The number of methoxy groups -OCH3 is 1. The summed E-state index contributed by atoms with van der Waals surface area (Å²) < 4.78 is 28.9. The fourth-order valence-corrected chi connectivity index (χ4v) is 10.5. The second kappa shape index (κ2) is 10.8. The van der Waals surface area contributed by atoms with Gasteiger partial charge in [0, 0.05) is 44.3 Å². The highest BCUT2D eigenvalue weighted by Gasteiger charge is 2.74. The number of aliphatic hydroxyl groups is 3. The Labute approximate surface area is 248 Å². The minimum absolute atomic E-state index is 0.0148. The Morgan fingerprint density at radius 3 is 2.50 bits per heavy atom. The Kier molecular flexibility index (Phi) is 7.84. The minimum Gasteiger partial charge on any atom is -0.462 e.